The molecule has 0 aromatic carbocycles. The van der Waals surface area contributed by atoms with Crippen LogP contribution in [0.5, 0.6) is 5.88 Å². The number of halogens is 3. The zero-order valence-electron chi connectivity index (χ0n) is 20.7. The number of anilines is 1. The van der Waals surface area contributed by atoms with Crippen molar-refractivity contribution in [3.05, 3.63) is 66.5 Å². The third-order valence-electron chi connectivity index (χ3n) is 6.24. The van der Waals surface area contributed by atoms with Crippen LogP contribution in [0, 0.1) is 6.92 Å². The average Bonchev–Trinajstić information content (AvgIpc) is 3.23. The number of allylic oxidation sites excluding steroid dienone is 2. The topological polar surface area (TPSA) is 76.4 Å². The van der Waals surface area contributed by atoms with Gasteiger partial charge in [0.05, 0.1) is 6.04 Å². The van der Waals surface area contributed by atoms with Crippen LogP contribution in [-0.2, 0) is 17.5 Å². The maximum absolute atomic E-state index is 12.9. The third-order valence-corrected chi connectivity index (χ3v) is 6.24. The van der Waals surface area contributed by atoms with Gasteiger partial charge in [-0.3, -0.25) is 9.48 Å². The lowest BCUT2D eigenvalue weighted by molar-refractivity contribution is -0.142. The number of aromatic nitrogens is 4. The summed E-state index contributed by atoms with van der Waals surface area (Å²) in [5.74, 6) is 0.788. The first-order valence-electron chi connectivity index (χ1n) is 11.6. The summed E-state index contributed by atoms with van der Waals surface area (Å²) in [5, 5.41) is 12.0. The van der Waals surface area contributed by atoms with Gasteiger partial charge in [-0.25, -0.2) is 0 Å². The predicted molar refractivity (Wildman–Crippen MR) is 131 cm³/mol. The minimum atomic E-state index is -4.54. The lowest BCUT2D eigenvalue weighted by Crippen LogP contribution is -2.43. The molecule has 0 saturated carbocycles. The van der Waals surface area contributed by atoms with Gasteiger partial charge in [0.2, 0.25) is 11.8 Å². The highest BCUT2D eigenvalue weighted by atomic mass is 19.4. The molecule has 0 spiro atoms. The van der Waals surface area contributed by atoms with Crippen molar-refractivity contribution in [1.82, 2.24) is 24.9 Å². The van der Waals surface area contributed by atoms with E-state index >= 15 is 0 Å². The van der Waals surface area contributed by atoms with Crippen LogP contribution in [0.15, 0.2) is 55.2 Å². The Morgan fingerprint density at radius 3 is 2.50 bits per heavy atom. The number of alkyl halides is 3. The van der Waals surface area contributed by atoms with Crippen LogP contribution in [-0.4, -0.2) is 63.1 Å². The van der Waals surface area contributed by atoms with E-state index in [2.05, 4.69) is 28.5 Å². The number of hydrogen-bond donors (Lipinski definition) is 0. The second kappa shape index (κ2) is 11.4. The number of likely N-dealkylation sites (N-methyl/N-ethyl adjacent to an activating group) is 1. The van der Waals surface area contributed by atoms with E-state index in [4.69, 9.17) is 4.74 Å². The monoisotopic (exact) mass is 504 g/mol. The standard InChI is InChI=1S/C25H31F3N6O2/c1-6-8-19(7-2)18(4)32(5)22-9-10-23(30-29-22)36-20-11-13-33(14-12-20)24(35)16-34-17(3)15-21(31-34)25(26,27)28/h6-10,15,18,20H,1-2,11-14,16H2,3-5H3/b19-8+/t18-/m1/s1. The fourth-order valence-corrected chi connectivity index (χ4v) is 3.93. The van der Waals surface area contributed by atoms with Crippen LogP contribution in [0.3, 0.4) is 0 Å². The molecule has 1 aliphatic heterocycles. The van der Waals surface area contributed by atoms with Crippen molar-refractivity contribution in [2.24, 2.45) is 0 Å². The molecule has 0 aliphatic carbocycles. The first-order valence-corrected chi connectivity index (χ1v) is 11.6. The Balaban J connectivity index is 1.51. The molecule has 1 saturated heterocycles. The molecule has 1 atom stereocenters. The highest BCUT2D eigenvalue weighted by Gasteiger charge is 2.35. The summed E-state index contributed by atoms with van der Waals surface area (Å²) in [5.41, 5.74) is 0.287. The normalized spacial score (nSPS) is 15.9. The number of ether oxygens (including phenoxy) is 1. The van der Waals surface area contributed by atoms with Crippen molar-refractivity contribution < 1.29 is 22.7 Å². The number of piperidine rings is 1. The van der Waals surface area contributed by atoms with Crippen LogP contribution in [0.2, 0.25) is 0 Å². The fraction of sp³-hybridized carbons (Fsp3) is 0.440. The predicted octanol–water partition coefficient (Wildman–Crippen LogP) is 4.19. The Bertz CT molecular complexity index is 1100. The summed E-state index contributed by atoms with van der Waals surface area (Å²) in [7, 11) is 1.91. The highest BCUT2D eigenvalue weighted by molar-refractivity contribution is 5.76. The van der Waals surface area contributed by atoms with Crippen molar-refractivity contribution in [2.45, 2.75) is 51.6 Å². The number of nitrogens with zero attached hydrogens (tertiary/aromatic N) is 6. The van der Waals surface area contributed by atoms with Crippen LogP contribution in [0.25, 0.3) is 0 Å². The van der Waals surface area contributed by atoms with Crippen molar-refractivity contribution >= 4 is 11.7 Å². The maximum atomic E-state index is 12.9. The van der Waals surface area contributed by atoms with Gasteiger partial charge in [-0.2, -0.15) is 18.3 Å². The van der Waals surface area contributed by atoms with E-state index in [1.165, 1.54) is 6.92 Å². The second-order valence-electron chi connectivity index (χ2n) is 8.65. The molecule has 0 bridgehead atoms. The Hall–Kier alpha value is -3.63. The number of rotatable bonds is 9. The molecule has 8 nitrogen and oxygen atoms in total. The Morgan fingerprint density at radius 1 is 1.28 bits per heavy atom. The van der Waals surface area contributed by atoms with E-state index < -0.39 is 11.9 Å². The number of carbonyl (C=O) groups is 1. The smallest absolute Gasteiger partial charge is 0.435 e. The number of likely N-dealkylation sites (tertiary alicyclic amines) is 1. The molecule has 1 aliphatic rings. The molecular weight excluding hydrogens is 473 g/mol. The summed E-state index contributed by atoms with van der Waals surface area (Å²) in [4.78, 5) is 16.2. The fourth-order valence-electron chi connectivity index (χ4n) is 3.93. The SMILES string of the molecule is C=C/C=C(\C=C)[C@@H](C)N(C)c1ccc(OC2CCN(C(=O)Cn3nc(C(F)(F)F)cc3C)CC2)nn1. The molecule has 3 heterocycles. The lowest BCUT2D eigenvalue weighted by Gasteiger charge is -2.32. The molecule has 194 valence electrons. The molecule has 11 heteroatoms. The van der Waals surface area contributed by atoms with E-state index in [1.807, 2.05) is 31.0 Å². The van der Waals surface area contributed by atoms with Gasteiger partial charge in [-0.1, -0.05) is 31.4 Å². The second-order valence-corrected chi connectivity index (χ2v) is 8.65. The van der Waals surface area contributed by atoms with Gasteiger partial charge < -0.3 is 14.5 Å². The van der Waals surface area contributed by atoms with Crippen LogP contribution in [0.4, 0.5) is 19.0 Å². The summed E-state index contributed by atoms with van der Waals surface area (Å²) >= 11 is 0. The number of amides is 1. The Labute approximate surface area is 208 Å². The summed E-state index contributed by atoms with van der Waals surface area (Å²) < 4.78 is 45.6. The Kier molecular flexibility index (Phi) is 8.54. The van der Waals surface area contributed by atoms with Crippen LogP contribution >= 0.6 is 0 Å². The van der Waals surface area contributed by atoms with E-state index in [-0.39, 0.29) is 30.3 Å². The summed E-state index contributed by atoms with van der Waals surface area (Å²) in [6, 6.07) is 4.54. The molecular formula is C25H31F3N6O2. The molecule has 0 N–H and O–H groups in total. The van der Waals surface area contributed by atoms with Gasteiger partial charge in [0.25, 0.3) is 0 Å². The van der Waals surface area contributed by atoms with Gasteiger partial charge in [0.15, 0.2) is 11.5 Å². The zero-order valence-corrected chi connectivity index (χ0v) is 20.7. The van der Waals surface area contributed by atoms with Gasteiger partial charge in [0, 0.05) is 44.7 Å². The van der Waals surface area contributed by atoms with Gasteiger partial charge in [0.1, 0.15) is 12.6 Å². The highest BCUT2D eigenvalue weighted by Crippen LogP contribution is 2.28. The summed E-state index contributed by atoms with van der Waals surface area (Å²) in [6.07, 6.45) is 1.86. The van der Waals surface area contributed by atoms with E-state index in [1.54, 1.807) is 23.1 Å². The van der Waals surface area contributed by atoms with Crippen molar-refractivity contribution in [3.8, 4) is 5.88 Å². The van der Waals surface area contributed by atoms with Crippen LogP contribution in [0.1, 0.15) is 31.2 Å². The van der Waals surface area contributed by atoms with Gasteiger partial charge in [-0.15, -0.1) is 10.2 Å². The minimum Gasteiger partial charge on any atom is -0.473 e. The Morgan fingerprint density at radius 2 is 1.97 bits per heavy atom. The molecule has 0 radical (unpaired) electrons. The maximum Gasteiger partial charge on any atom is 0.435 e. The number of aryl methyl sites for hydroxylation is 1. The quantitative estimate of drug-likeness (QED) is 0.477. The number of carbonyl (C=O) groups excluding carboxylic acids is 1. The molecule has 2 aromatic heterocycles. The molecule has 0 unspecified atom stereocenters. The third kappa shape index (κ3) is 6.52. The zero-order chi connectivity index (χ0) is 26.5. The van der Waals surface area contributed by atoms with Gasteiger partial charge in [-0.05, 0) is 31.6 Å². The van der Waals surface area contributed by atoms with E-state index in [0.717, 1.165) is 16.3 Å². The first kappa shape index (κ1) is 27.0. The summed E-state index contributed by atoms with van der Waals surface area (Å²) in [6.45, 7) is 11.7. The molecule has 1 fully saturated rings. The molecule has 3 rings (SSSR count). The molecule has 2 aromatic rings. The van der Waals surface area contributed by atoms with Crippen molar-refractivity contribution in [1.29, 1.82) is 0 Å². The van der Waals surface area contributed by atoms with Crippen LogP contribution < -0.4 is 9.64 Å². The first-order chi connectivity index (χ1) is 17.0. The molecule has 1 amide bonds. The van der Waals surface area contributed by atoms with E-state index in [9.17, 15) is 18.0 Å². The van der Waals surface area contributed by atoms with Crippen molar-refractivity contribution in [3.63, 3.8) is 0 Å². The van der Waals surface area contributed by atoms with Crippen molar-refractivity contribution in [2.75, 3.05) is 25.0 Å². The largest absolute Gasteiger partial charge is 0.473 e. The average molecular weight is 505 g/mol. The molecule has 36 heavy (non-hydrogen) atoms. The van der Waals surface area contributed by atoms with E-state index in [0.29, 0.717) is 37.6 Å². The minimum absolute atomic E-state index is 0.0222. The van der Waals surface area contributed by atoms with Gasteiger partial charge >= 0.3 is 6.18 Å². The number of hydrogen-bond acceptors (Lipinski definition) is 6. The lowest BCUT2D eigenvalue weighted by atomic mass is 10.1.